The van der Waals surface area contributed by atoms with Crippen molar-refractivity contribution >= 4 is 17.1 Å². The number of nitrogens with two attached hydrogens (primary N) is 1. The molecular weight excluding hydrogens is 497 g/mol. The summed E-state index contributed by atoms with van der Waals surface area (Å²) in [4.78, 5) is 8.59. The second kappa shape index (κ2) is 15.1. The van der Waals surface area contributed by atoms with E-state index in [9.17, 15) is 4.39 Å². The van der Waals surface area contributed by atoms with Crippen molar-refractivity contribution in [2.45, 2.75) is 26.8 Å². The SMILES string of the molecule is C=C(/C=C(/C(=C)/C=C\CC)N(C)Cc1ccccc1F)C(C)=N/C=C(/NC(=C)c1ccccc1N(C)C)C(=C)N. The third-order valence-corrected chi connectivity index (χ3v) is 6.17. The van der Waals surface area contributed by atoms with Gasteiger partial charge in [0.15, 0.2) is 0 Å². The molecule has 0 atom stereocenters. The molecule has 3 N–H and O–H groups in total. The Kier molecular flexibility index (Phi) is 12.0. The lowest BCUT2D eigenvalue weighted by molar-refractivity contribution is 0.409. The molecule has 2 rings (SSSR count). The van der Waals surface area contributed by atoms with Crippen molar-refractivity contribution in [2.24, 2.45) is 10.7 Å². The van der Waals surface area contributed by atoms with Crippen LogP contribution in [0.4, 0.5) is 10.1 Å². The number of rotatable bonds is 14. The number of allylic oxidation sites excluding steroid dienone is 4. The maximum atomic E-state index is 14.4. The number of likely N-dealkylation sites (N-methyl/N-ethyl adjacent to an activating group) is 1. The second-order valence-corrected chi connectivity index (χ2v) is 9.64. The van der Waals surface area contributed by atoms with E-state index in [0.717, 1.165) is 28.9 Å². The predicted molar refractivity (Wildman–Crippen MR) is 171 cm³/mol. The van der Waals surface area contributed by atoms with Gasteiger partial charge in [-0.05, 0) is 42.7 Å². The molecule has 2 aromatic rings. The third-order valence-electron chi connectivity index (χ3n) is 6.17. The summed E-state index contributed by atoms with van der Waals surface area (Å²) in [5.41, 5.74) is 13.1. The maximum Gasteiger partial charge on any atom is 0.128 e. The molecule has 0 aliphatic heterocycles. The molecule has 0 saturated carbocycles. The van der Waals surface area contributed by atoms with Crippen molar-refractivity contribution in [1.82, 2.24) is 10.2 Å². The van der Waals surface area contributed by atoms with Gasteiger partial charge in [-0.1, -0.05) is 81.8 Å². The Morgan fingerprint density at radius 3 is 2.27 bits per heavy atom. The number of nitrogens with one attached hydrogen (secondary N) is 1. The van der Waals surface area contributed by atoms with E-state index < -0.39 is 0 Å². The van der Waals surface area contributed by atoms with E-state index in [1.807, 2.05) is 86.4 Å². The minimum Gasteiger partial charge on any atom is -0.397 e. The van der Waals surface area contributed by atoms with E-state index in [1.54, 1.807) is 18.3 Å². The van der Waals surface area contributed by atoms with Crippen LogP contribution in [0.3, 0.4) is 0 Å². The standard InChI is InChI=1S/C34H42FN5/c1-10-11-16-24(2)34(40(9)23-29-17-12-14-19-31(29)35)21-25(3)27(5)37-22-32(26(4)36)38-28(6)30-18-13-15-20-33(30)39(7)8/h11-22,38H,2-4,6,10,23,36H2,1,5,7-9H3/b16-11-,32-22+,34-21-,37-27?. The fourth-order valence-corrected chi connectivity index (χ4v) is 3.82. The number of aliphatic imine (C=N–C) groups is 1. The van der Waals surface area contributed by atoms with Crippen LogP contribution in [0.1, 0.15) is 31.4 Å². The lowest BCUT2D eigenvalue weighted by Crippen LogP contribution is -2.19. The molecule has 0 aromatic heterocycles. The van der Waals surface area contributed by atoms with E-state index in [0.29, 0.717) is 40.5 Å². The zero-order chi connectivity index (χ0) is 29.8. The lowest BCUT2D eigenvalue weighted by Gasteiger charge is -2.24. The van der Waals surface area contributed by atoms with Gasteiger partial charge in [0.1, 0.15) is 5.82 Å². The lowest BCUT2D eigenvalue weighted by atomic mass is 10.1. The Hall–Kier alpha value is -4.58. The first-order chi connectivity index (χ1) is 19.0. The van der Waals surface area contributed by atoms with Crippen molar-refractivity contribution in [3.05, 3.63) is 144 Å². The van der Waals surface area contributed by atoms with Gasteiger partial charge in [-0.15, -0.1) is 0 Å². The largest absolute Gasteiger partial charge is 0.397 e. The highest BCUT2D eigenvalue weighted by Crippen LogP contribution is 2.24. The van der Waals surface area contributed by atoms with Crippen LogP contribution in [-0.2, 0) is 6.54 Å². The molecule has 6 heteroatoms. The molecule has 2 aromatic carbocycles. The van der Waals surface area contributed by atoms with Crippen LogP contribution >= 0.6 is 0 Å². The van der Waals surface area contributed by atoms with Gasteiger partial charge >= 0.3 is 0 Å². The fourth-order valence-electron chi connectivity index (χ4n) is 3.82. The van der Waals surface area contributed by atoms with Crippen LogP contribution in [0.5, 0.6) is 0 Å². The Bertz CT molecular complexity index is 1370. The minimum atomic E-state index is -0.248. The minimum absolute atomic E-state index is 0.248. The summed E-state index contributed by atoms with van der Waals surface area (Å²) in [5.74, 6) is -0.248. The summed E-state index contributed by atoms with van der Waals surface area (Å²) in [6.45, 7) is 20.8. The van der Waals surface area contributed by atoms with Crippen molar-refractivity contribution in [1.29, 1.82) is 0 Å². The Labute approximate surface area is 239 Å². The first kappa shape index (κ1) is 31.6. The molecule has 0 heterocycles. The zero-order valence-electron chi connectivity index (χ0n) is 24.5. The van der Waals surface area contributed by atoms with Gasteiger partial charge in [-0.3, -0.25) is 4.99 Å². The second-order valence-electron chi connectivity index (χ2n) is 9.64. The normalized spacial score (nSPS) is 12.3. The number of hydrogen-bond donors (Lipinski definition) is 2. The van der Waals surface area contributed by atoms with Gasteiger partial charge in [-0.25, -0.2) is 4.39 Å². The van der Waals surface area contributed by atoms with E-state index in [1.165, 1.54) is 6.07 Å². The van der Waals surface area contributed by atoms with Crippen LogP contribution < -0.4 is 16.0 Å². The monoisotopic (exact) mass is 539 g/mol. The molecule has 0 saturated heterocycles. The van der Waals surface area contributed by atoms with Crippen molar-refractivity contribution in [2.75, 3.05) is 26.0 Å². The van der Waals surface area contributed by atoms with Gasteiger partial charge in [0.05, 0.1) is 11.9 Å². The fraction of sp³-hybridized carbons (Fsp3) is 0.206. The molecule has 0 fully saturated rings. The Morgan fingerprint density at radius 2 is 1.65 bits per heavy atom. The quantitative estimate of drug-likeness (QED) is 0.195. The van der Waals surface area contributed by atoms with Crippen LogP contribution in [-0.4, -0.2) is 31.8 Å². The number of halogens is 1. The van der Waals surface area contributed by atoms with E-state index >= 15 is 0 Å². The molecule has 210 valence electrons. The molecule has 40 heavy (non-hydrogen) atoms. The van der Waals surface area contributed by atoms with Crippen LogP contribution in [0.15, 0.2) is 133 Å². The Balaban J connectivity index is 2.35. The molecule has 0 aliphatic rings. The topological polar surface area (TPSA) is 56.9 Å². The van der Waals surface area contributed by atoms with Gasteiger partial charge in [0, 0.05) is 67.3 Å². The van der Waals surface area contributed by atoms with Crippen LogP contribution in [0.2, 0.25) is 0 Å². The summed E-state index contributed by atoms with van der Waals surface area (Å²) in [6, 6.07) is 14.7. The van der Waals surface area contributed by atoms with E-state index in [2.05, 4.69) is 43.5 Å². The molecule has 0 radical (unpaired) electrons. The highest BCUT2D eigenvalue weighted by molar-refractivity contribution is 6.00. The van der Waals surface area contributed by atoms with Gasteiger partial charge in [0.2, 0.25) is 0 Å². The third kappa shape index (κ3) is 9.02. The molecule has 0 amide bonds. The van der Waals surface area contributed by atoms with Gasteiger partial charge < -0.3 is 20.9 Å². The van der Waals surface area contributed by atoms with E-state index in [4.69, 9.17) is 5.73 Å². The van der Waals surface area contributed by atoms with Crippen molar-refractivity contribution in [3.63, 3.8) is 0 Å². The highest BCUT2D eigenvalue weighted by atomic mass is 19.1. The van der Waals surface area contributed by atoms with Crippen LogP contribution in [0.25, 0.3) is 5.70 Å². The van der Waals surface area contributed by atoms with Crippen molar-refractivity contribution in [3.8, 4) is 0 Å². The Morgan fingerprint density at radius 1 is 1.00 bits per heavy atom. The smallest absolute Gasteiger partial charge is 0.128 e. The number of nitrogens with zero attached hydrogens (tertiary/aromatic N) is 3. The van der Waals surface area contributed by atoms with Gasteiger partial charge in [-0.2, -0.15) is 0 Å². The number of benzene rings is 2. The zero-order valence-corrected chi connectivity index (χ0v) is 24.5. The maximum absolute atomic E-state index is 14.4. The summed E-state index contributed by atoms with van der Waals surface area (Å²) in [5, 5.41) is 3.25. The van der Waals surface area contributed by atoms with Crippen molar-refractivity contribution < 1.29 is 4.39 Å². The summed E-state index contributed by atoms with van der Waals surface area (Å²) in [7, 11) is 5.86. The van der Waals surface area contributed by atoms with Crippen LogP contribution in [0, 0.1) is 5.82 Å². The number of para-hydroxylation sites is 1. The average molecular weight is 540 g/mol. The van der Waals surface area contributed by atoms with E-state index in [-0.39, 0.29) is 5.82 Å². The first-order valence-corrected chi connectivity index (χ1v) is 13.1. The predicted octanol–water partition coefficient (Wildman–Crippen LogP) is 7.32. The highest BCUT2D eigenvalue weighted by Gasteiger charge is 2.12. The molecule has 0 unspecified atom stereocenters. The molecule has 0 aliphatic carbocycles. The summed E-state index contributed by atoms with van der Waals surface area (Å²) in [6.07, 6.45) is 8.40. The molecule has 0 spiro atoms. The number of hydrogen-bond acceptors (Lipinski definition) is 5. The average Bonchev–Trinajstić information content (AvgIpc) is 2.92. The summed E-state index contributed by atoms with van der Waals surface area (Å²) < 4.78 is 14.4. The molecular formula is C34H42FN5. The molecule has 5 nitrogen and oxygen atoms in total. The van der Waals surface area contributed by atoms with Gasteiger partial charge in [0.25, 0.3) is 0 Å². The summed E-state index contributed by atoms with van der Waals surface area (Å²) >= 11 is 0. The molecule has 0 bridgehead atoms. The first-order valence-electron chi connectivity index (χ1n) is 13.1. The number of anilines is 1.